The summed E-state index contributed by atoms with van der Waals surface area (Å²) in [6, 6.07) is -0.202. The van der Waals surface area contributed by atoms with Crippen LogP contribution in [0.5, 0.6) is 0 Å². The first-order valence-electron chi connectivity index (χ1n) is 13.4. The highest BCUT2D eigenvalue weighted by Gasteiger charge is 2.05. The van der Waals surface area contributed by atoms with Gasteiger partial charge in [0, 0.05) is 19.6 Å². The van der Waals surface area contributed by atoms with Gasteiger partial charge in [-0.15, -0.1) is 0 Å². The van der Waals surface area contributed by atoms with Crippen molar-refractivity contribution < 1.29 is 14.3 Å². The van der Waals surface area contributed by atoms with Crippen molar-refractivity contribution in [2.45, 2.75) is 116 Å². The van der Waals surface area contributed by atoms with E-state index in [4.69, 9.17) is 4.74 Å². The van der Waals surface area contributed by atoms with Crippen molar-refractivity contribution in [1.29, 1.82) is 0 Å². The van der Waals surface area contributed by atoms with Crippen molar-refractivity contribution in [2.24, 2.45) is 0 Å². The number of amides is 2. The summed E-state index contributed by atoms with van der Waals surface area (Å²) in [6.45, 7) is 4.37. The van der Waals surface area contributed by atoms with E-state index in [1.165, 1.54) is 89.9 Å². The second-order valence-electron chi connectivity index (χ2n) is 9.26. The minimum Gasteiger partial charge on any atom is -0.464 e. The number of urea groups is 1. The standard InChI is InChI=1S/C26H53N3O3/c1-4-5-6-7-8-9-10-11-12-13-14-15-16-17-18-19-21-27-26(31)28-22-20-25(30)32-24-23-29(2)3/h4-24H2,1-3H3,(H2,27,28,31). The Morgan fingerprint density at radius 3 is 1.56 bits per heavy atom. The lowest BCUT2D eigenvalue weighted by Crippen LogP contribution is -2.37. The van der Waals surface area contributed by atoms with Crippen molar-refractivity contribution in [3.63, 3.8) is 0 Å². The van der Waals surface area contributed by atoms with E-state index in [2.05, 4.69) is 17.6 Å². The second-order valence-corrected chi connectivity index (χ2v) is 9.26. The van der Waals surface area contributed by atoms with Crippen LogP contribution in [0.2, 0.25) is 0 Å². The van der Waals surface area contributed by atoms with Gasteiger partial charge in [-0.3, -0.25) is 4.79 Å². The van der Waals surface area contributed by atoms with Gasteiger partial charge in [0.05, 0.1) is 6.42 Å². The zero-order chi connectivity index (χ0) is 23.7. The van der Waals surface area contributed by atoms with E-state index in [0.29, 0.717) is 26.2 Å². The fraction of sp³-hybridized carbons (Fsp3) is 0.923. The van der Waals surface area contributed by atoms with Crippen LogP contribution in [0, 0.1) is 0 Å². The predicted molar refractivity (Wildman–Crippen MR) is 135 cm³/mol. The van der Waals surface area contributed by atoms with Gasteiger partial charge in [-0.2, -0.15) is 0 Å². The van der Waals surface area contributed by atoms with Gasteiger partial charge in [-0.1, -0.05) is 103 Å². The molecule has 0 aliphatic heterocycles. The minimum absolute atomic E-state index is 0.202. The first-order valence-corrected chi connectivity index (χ1v) is 13.4. The summed E-state index contributed by atoms with van der Waals surface area (Å²) in [5, 5.41) is 5.56. The third-order valence-corrected chi connectivity index (χ3v) is 5.73. The fourth-order valence-electron chi connectivity index (χ4n) is 3.63. The van der Waals surface area contributed by atoms with Crippen molar-refractivity contribution in [1.82, 2.24) is 15.5 Å². The fourth-order valence-corrected chi connectivity index (χ4v) is 3.63. The zero-order valence-electron chi connectivity index (χ0n) is 21.5. The van der Waals surface area contributed by atoms with Crippen LogP contribution in [-0.2, 0) is 9.53 Å². The maximum atomic E-state index is 11.7. The van der Waals surface area contributed by atoms with Crippen LogP contribution in [-0.4, -0.2) is 57.2 Å². The molecule has 0 unspecified atom stereocenters. The van der Waals surface area contributed by atoms with Crippen molar-refractivity contribution in [2.75, 3.05) is 40.3 Å². The SMILES string of the molecule is CCCCCCCCCCCCCCCCCCNC(=O)NCCC(=O)OCCN(C)C. The van der Waals surface area contributed by atoms with E-state index >= 15 is 0 Å². The Kier molecular flexibility index (Phi) is 23.4. The molecule has 0 atom stereocenters. The first-order chi connectivity index (χ1) is 15.6. The molecule has 0 spiro atoms. The lowest BCUT2D eigenvalue weighted by Gasteiger charge is -2.10. The lowest BCUT2D eigenvalue weighted by atomic mass is 10.0. The van der Waals surface area contributed by atoms with Gasteiger partial charge >= 0.3 is 12.0 Å². The molecule has 0 radical (unpaired) electrons. The van der Waals surface area contributed by atoms with E-state index in [-0.39, 0.29) is 18.4 Å². The number of ether oxygens (including phenoxy) is 1. The van der Waals surface area contributed by atoms with Gasteiger partial charge < -0.3 is 20.3 Å². The van der Waals surface area contributed by atoms with E-state index < -0.39 is 0 Å². The zero-order valence-corrected chi connectivity index (χ0v) is 21.5. The number of hydrogen-bond acceptors (Lipinski definition) is 4. The number of nitrogens with zero attached hydrogens (tertiary/aromatic N) is 1. The smallest absolute Gasteiger partial charge is 0.314 e. The van der Waals surface area contributed by atoms with Crippen molar-refractivity contribution >= 4 is 12.0 Å². The molecule has 0 heterocycles. The van der Waals surface area contributed by atoms with Crippen LogP contribution in [0.1, 0.15) is 116 Å². The molecule has 190 valence electrons. The molecule has 0 aromatic heterocycles. The Morgan fingerprint density at radius 2 is 1.09 bits per heavy atom. The summed E-state index contributed by atoms with van der Waals surface area (Å²) in [5.41, 5.74) is 0. The number of carbonyl (C=O) groups is 2. The summed E-state index contributed by atoms with van der Waals surface area (Å²) < 4.78 is 5.08. The van der Waals surface area contributed by atoms with Crippen LogP contribution in [0.25, 0.3) is 0 Å². The van der Waals surface area contributed by atoms with E-state index in [9.17, 15) is 9.59 Å². The Balaban J connectivity index is 3.23. The Morgan fingerprint density at radius 1 is 0.656 bits per heavy atom. The minimum atomic E-state index is -0.273. The topological polar surface area (TPSA) is 70.7 Å². The third-order valence-electron chi connectivity index (χ3n) is 5.73. The molecule has 6 nitrogen and oxygen atoms in total. The number of nitrogens with one attached hydrogen (secondary N) is 2. The molecule has 0 saturated heterocycles. The molecule has 0 fully saturated rings. The van der Waals surface area contributed by atoms with E-state index in [1.807, 2.05) is 19.0 Å². The maximum Gasteiger partial charge on any atom is 0.314 e. The van der Waals surface area contributed by atoms with E-state index in [0.717, 1.165) is 12.8 Å². The quantitative estimate of drug-likeness (QED) is 0.145. The molecule has 0 aliphatic rings. The normalized spacial score (nSPS) is 11.0. The Bertz CT molecular complexity index is 431. The van der Waals surface area contributed by atoms with Crippen LogP contribution in [0.15, 0.2) is 0 Å². The summed E-state index contributed by atoms with van der Waals surface area (Å²) >= 11 is 0. The molecule has 32 heavy (non-hydrogen) atoms. The van der Waals surface area contributed by atoms with Crippen LogP contribution in [0.4, 0.5) is 4.79 Å². The summed E-state index contributed by atoms with van der Waals surface area (Å²) in [5.74, 6) is -0.273. The Hall–Kier alpha value is -1.30. The first kappa shape index (κ1) is 30.7. The maximum absolute atomic E-state index is 11.7. The monoisotopic (exact) mass is 455 g/mol. The van der Waals surface area contributed by atoms with Gasteiger partial charge in [-0.25, -0.2) is 4.79 Å². The second kappa shape index (κ2) is 24.3. The third kappa shape index (κ3) is 25.0. The summed E-state index contributed by atoms with van der Waals surface area (Å²) in [6.07, 6.45) is 21.8. The number of likely N-dealkylation sites (N-methyl/N-ethyl adjacent to an activating group) is 1. The van der Waals surface area contributed by atoms with Crippen molar-refractivity contribution in [3.8, 4) is 0 Å². The summed E-state index contributed by atoms with van der Waals surface area (Å²) in [4.78, 5) is 25.2. The van der Waals surface area contributed by atoms with Gasteiger partial charge in [0.2, 0.25) is 0 Å². The molecule has 0 saturated carbocycles. The molecular weight excluding hydrogens is 402 g/mol. The number of unbranched alkanes of at least 4 members (excludes halogenated alkanes) is 15. The number of carbonyl (C=O) groups excluding carboxylic acids is 2. The van der Waals surface area contributed by atoms with E-state index in [1.54, 1.807) is 0 Å². The Labute approximate surface area is 198 Å². The average molecular weight is 456 g/mol. The summed E-state index contributed by atoms with van der Waals surface area (Å²) in [7, 11) is 3.86. The molecular formula is C26H53N3O3. The van der Waals surface area contributed by atoms with Crippen LogP contribution < -0.4 is 10.6 Å². The van der Waals surface area contributed by atoms with Gasteiger partial charge in [-0.05, 0) is 20.5 Å². The van der Waals surface area contributed by atoms with Crippen molar-refractivity contribution in [3.05, 3.63) is 0 Å². The van der Waals surface area contributed by atoms with Gasteiger partial charge in [0.1, 0.15) is 6.61 Å². The van der Waals surface area contributed by atoms with Gasteiger partial charge in [0.25, 0.3) is 0 Å². The number of hydrogen-bond donors (Lipinski definition) is 2. The highest BCUT2D eigenvalue weighted by atomic mass is 16.5. The highest BCUT2D eigenvalue weighted by Crippen LogP contribution is 2.13. The molecule has 0 aliphatic carbocycles. The molecule has 2 amide bonds. The van der Waals surface area contributed by atoms with Crippen LogP contribution >= 0.6 is 0 Å². The average Bonchev–Trinajstić information content (AvgIpc) is 2.75. The lowest BCUT2D eigenvalue weighted by molar-refractivity contribution is -0.143. The number of rotatable bonds is 23. The largest absolute Gasteiger partial charge is 0.464 e. The molecule has 0 aromatic carbocycles. The van der Waals surface area contributed by atoms with Crippen LogP contribution in [0.3, 0.4) is 0 Å². The van der Waals surface area contributed by atoms with Gasteiger partial charge in [0.15, 0.2) is 0 Å². The molecule has 0 bridgehead atoms. The number of esters is 1. The predicted octanol–water partition coefficient (Wildman–Crippen LogP) is 6.04. The molecule has 2 N–H and O–H groups in total. The molecule has 0 rings (SSSR count). The molecule has 0 aromatic rings. The molecule has 6 heteroatoms. The highest BCUT2D eigenvalue weighted by molar-refractivity contribution is 5.75.